The Morgan fingerprint density at radius 1 is 1.00 bits per heavy atom. The molecule has 0 bridgehead atoms. The molecule has 1 unspecified atom stereocenters. The molecule has 1 nitrogen and oxygen atoms in total. The zero-order valence-corrected chi connectivity index (χ0v) is 19.8. The minimum atomic E-state index is -0.846. The van der Waals surface area contributed by atoms with Crippen molar-refractivity contribution in [3.8, 4) is 5.75 Å². The predicted molar refractivity (Wildman–Crippen MR) is 131 cm³/mol. The molecule has 0 spiro atoms. The lowest BCUT2D eigenvalue weighted by atomic mass is 9.71. The van der Waals surface area contributed by atoms with E-state index < -0.39 is 11.6 Å². The number of allylic oxidation sites excluding steroid dienone is 5. The lowest BCUT2D eigenvalue weighted by Crippen LogP contribution is -2.22. The molecular weight excluding hydrogens is 402 g/mol. The van der Waals surface area contributed by atoms with E-state index in [4.69, 9.17) is 4.74 Å². The lowest BCUT2D eigenvalue weighted by Gasteiger charge is -2.35. The van der Waals surface area contributed by atoms with Gasteiger partial charge in [0.2, 0.25) is 5.82 Å². The highest BCUT2D eigenvalue weighted by Crippen LogP contribution is 2.42. The summed E-state index contributed by atoms with van der Waals surface area (Å²) in [5, 5.41) is 0. The second-order valence-corrected chi connectivity index (χ2v) is 9.53. The van der Waals surface area contributed by atoms with Gasteiger partial charge in [0.25, 0.3) is 0 Å². The smallest absolute Gasteiger partial charge is 0.201 e. The maximum absolute atomic E-state index is 14.8. The largest absolute Gasteiger partial charge is 0.490 e. The molecule has 0 amide bonds. The summed E-state index contributed by atoms with van der Waals surface area (Å²) < 4.78 is 34.7. The fourth-order valence-corrected chi connectivity index (χ4v) is 5.26. The van der Waals surface area contributed by atoms with Crippen molar-refractivity contribution in [2.24, 2.45) is 17.8 Å². The first-order chi connectivity index (χ1) is 15.6. The van der Waals surface area contributed by atoms with E-state index in [1.54, 1.807) is 12.1 Å². The van der Waals surface area contributed by atoms with Crippen LogP contribution in [0.5, 0.6) is 5.75 Å². The number of halogens is 2. The molecule has 1 saturated carbocycles. The first-order valence-corrected chi connectivity index (χ1v) is 12.7. The van der Waals surface area contributed by atoms with E-state index in [-0.39, 0.29) is 5.75 Å². The Bertz CT molecular complexity index is 787. The third-order valence-corrected chi connectivity index (χ3v) is 7.28. The lowest BCUT2D eigenvalue weighted by molar-refractivity contribution is 0.212. The van der Waals surface area contributed by atoms with Crippen LogP contribution in [0.2, 0.25) is 0 Å². The van der Waals surface area contributed by atoms with Crippen LogP contribution in [0.25, 0.3) is 5.57 Å². The van der Waals surface area contributed by atoms with Gasteiger partial charge in [-0.15, -0.1) is 6.58 Å². The summed E-state index contributed by atoms with van der Waals surface area (Å²) in [6.45, 7) is 6.31. The maximum atomic E-state index is 14.8. The number of hydrogen-bond donors (Lipinski definition) is 0. The van der Waals surface area contributed by atoms with E-state index in [0.29, 0.717) is 18.1 Å². The number of rotatable bonds is 11. The molecule has 32 heavy (non-hydrogen) atoms. The number of unbranched alkanes of at least 4 members (excludes halogenated alkanes) is 3. The number of ether oxygens (including phenoxy) is 1. The Balaban J connectivity index is 1.51. The van der Waals surface area contributed by atoms with Crippen molar-refractivity contribution in [3.05, 3.63) is 60.2 Å². The summed E-state index contributed by atoms with van der Waals surface area (Å²) in [6.07, 6.45) is 22.0. The summed E-state index contributed by atoms with van der Waals surface area (Å²) >= 11 is 0. The molecule has 2 aliphatic rings. The molecule has 1 aromatic carbocycles. The first kappa shape index (κ1) is 24.7. The Kier molecular flexibility index (Phi) is 10.0. The van der Waals surface area contributed by atoms with Gasteiger partial charge in [0.15, 0.2) is 11.6 Å². The average Bonchev–Trinajstić information content (AvgIpc) is 2.83. The van der Waals surface area contributed by atoms with Gasteiger partial charge in [-0.25, -0.2) is 4.39 Å². The van der Waals surface area contributed by atoms with E-state index in [1.807, 2.05) is 6.08 Å². The van der Waals surface area contributed by atoms with Crippen molar-refractivity contribution in [2.45, 2.75) is 84.0 Å². The van der Waals surface area contributed by atoms with Gasteiger partial charge < -0.3 is 4.74 Å². The zero-order valence-electron chi connectivity index (χ0n) is 19.8. The summed E-state index contributed by atoms with van der Waals surface area (Å²) in [5.74, 6) is 0.607. The van der Waals surface area contributed by atoms with Gasteiger partial charge in [-0.05, 0) is 99.7 Å². The van der Waals surface area contributed by atoms with Crippen molar-refractivity contribution in [1.29, 1.82) is 0 Å². The van der Waals surface area contributed by atoms with Gasteiger partial charge >= 0.3 is 0 Å². The van der Waals surface area contributed by atoms with Crippen molar-refractivity contribution in [1.82, 2.24) is 0 Å². The van der Waals surface area contributed by atoms with Crippen LogP contribution in [0, 0.1) is 29.4 Å². The fraction of sp³-hybridized carbons (Fsp3) is 0.586. The number of hydrogen-bond acceptors (Lipinski definition) is 1. The van der Waals surface area contributed by atoms with Crippen molar-refractivity contribution >= 4 is 5.57 Å². The molecule has 0 saturated heterocycles. The van der Waals surface area contributed by atoms with E-state index in [0.717, 1.165) is 68.8 Å². The summed E-state index contributed by atoms with van der Waals surface area (Å²) in [5.41, 5.74) is 1.37. The van der Waals surface area contributed by atoms with E-state index in [1.165, 1.54) is 25.7 Å². The number of benzene rings is 1. The Labute approximate surface area is 193 Å². The molecule has 2 aliphatic carbocycles. The molecule has 0 heterocycles. The average molecular weight is 443 g/mol. The van der Waals surface area contributed by atoms with Crippen molar-refractivity contribution in [3.63, 3.8) is 0 Å². The van der Waals surface area contributed by atoms with E-state index in [2.05, 4.69) is 31.7 Å². The van der Waals surface area contributed by atoms with Gasteiger partial charge in [-0.3, -0.25) is 0 Å². The van der Waals surface area contributed by atoms with Crippen LogP contribution in [0.3, 0.4) is 0 Å². The van der Waals surface area contributed by atoms with Crippen LogP contribution in [-0.2, 0) is 0 Å². The Hall–Kier alpha value is -1.90. The molecule has 176 valence electrons. The van der Waals surface area contributed by atoms with Crippen LogP contribution in [0.4, 0.5) is 8.78 Å². The van der Waals surface area contributed by atoms with Gasteiger partial charge in [0.1, 0.15) is 0 Å². The second kappa shape index (κ2) is 13.0. The topological polar surface area (TPSA) is 9.23 Å². The van der Waals surface area contributed by atoms with Crippen LogP contribution in [0.1, 0.15) is 89.5 Å². The summed E-state index contributed by atoms with van der Waals surface area (Å²) in [6, 6.07) is 3.29. The Morgan fingerprint density at radius 2 is 1.81 bits per heavy atom. The minimum absolute atomic E-state index is 0.0342. The van der Waals surface area contributed by atoms with Gasteiger partial charge in [0.05, 0.1) is 6.61 Å². The van der Waals surface area contributed by atoms with Crippen LogP contribution < -0.4 is 4.74 Å². The molecule has 1 fully saturated rings. The molecule has 1 aromatic rings. The van der Waals surface area contributed by atoms with Crippen LogP contribution in [0.15, 0.2) is 43.0 Å². The highest BCUT2D eigenvalue weighted by Gasteiger charge is 2.29. The molecule has 3 heteroatoms. The molecular formula is C29H40F2O. The molecule has 0 aliphatic heterocycles. The van der Waals surface area contributed by atoms with E-state index in [9.17, 15) is 8.78 Å². The van der Waals surface area contributed by atoms with Crippen molar-refractivity contribution < 1.29 is 13.5 Å². The third-order valence-electron chi connectivity index (χ3n) is 7.28. The summed E-state index contributed by atoms with van der Waals surface area (Å²) in [7, 11) is 0. The standard InChI is InChI=1S/C29H40F2O/c1-3-5-7-8-10-22-11-13-23(14-12-22)24-15-17-25(18-16-24)26-19-20-27(29(31)28(26)30)32-21-9-6-4-2/h3,8,10,17,19-20,22-24H,1,4-7,9,11-16,18,21H2,2H3/b10-8+. The van der Waals surface area contributed by atoms with Crippen LogP contribution >= 0.6 is 0 Å². The highest BCUT2D eigenvalue weighted by atomic mass is 19.2. The highest BCUT2D eigenvalue weighted by molar-refractivity contribution is 5.67. The van der Waals surface area contributed by atoms with Crippen LogP contribution in [-0.4, -0.2) is 6.61 Å². The summed E-state index contributed by atoms with van der Waals surface area (Å²) in [4.78, 5) is 0. The molecule has 0 radical (unpaired) electrons. The monoisotopic (exact) mass is 442 g/mol. The predicted octanol–water partition coefficient (Wildman–Crippen LogP) is 9.05. The molecule has 3 rings (SSSR count). The SMILES string of the molecule is C=CCC/C=C/C1CCC(C2CC=C(c3ccc(OCCCCC)c(F)c3F)CC2)CC1. The Morgan fingerprint density at radius 3 is 2.50 bits per heavy atom. The van der Waals surface area contributed by atoms with Gasteiger partial charge in [0, 0.05) is 5.56 Å². The molecule has 1 atom stereocenters. The van der Waals surface area contributed by atoms with Gasteiger partial charge in [-0.1, -0.05) is 44.1 Å². The second-order valence-electron chi connectivity index (χ2n) is 9.53. The van der Waals surface area contributed by atoms with Crippen molar-refractivity contribution in [2.75, 3.05) is 6.61 Å². The third kappa shape index (κ3) is 6.80. The quantitative estimate of drug-likeness (QED) is 0.245. The minimum Gasteiger partial charge on any atom is -0.490 e. The fourth-order valence-electron chi connectivity index (χ4n) is 5.26. The maximum Gasteiger partial charge on any atom is 0.201 e. The van der Waals surface area contributed by atoms with E-state index >= 15 is 0 Å². The molecule has 0 aromatic heterocycles. The zero-order chi connectivity index (χ0) is 22.8. The van der Waals surface area contributed by atoms with Gasteiger partial charge in [-0.2, -0.15) is 4.39 Å². The molecule has 0 N–H and O–H groups in total. The normalized spacial score (nSPS) is 23.8. The first-order valence-electron chi connectivity index (χ1n) is 12.7.